The van der Waals surface area contributed by atoms with Gasteiger partial charge in [-0.25, -0.2) is 0 Å². The summed E-state index contributed by atoms with van der Waals surface area (Å²) in [6.07, 6.45) is 21.1. The average molecular weight is 1790 g/mol. The minimum absolute atomic E-state index is 0.151. The summed E-state index contributed by atoms with van der Waals surface area (Å²) in [5.41, 5.74) is 28.6. The summed E-state index contributed by atoms with van der Waals surface area (Å²) in [5, 5.41) is 79.2. The first kappa shape index (κ1) is 97.0. The van der Waals surface area contributed by atoms with Gasteiger partial charge in [0.05, 0.1) is 0 Å². The van der Waals surface area contributed by atoms with Crippen molar-refractivity contribution in [2.24, 2.45) is 0 Å². The predicted molar refractivity (Wildman–Crippen MR) is 554 cm³/mol. The Morgan fingerprint density at radius 3 is 0.784 bits per heavy atom. The second-order valence-electron chi connectivity index (χ2n) is 37.9. The molecule has 12 aromatic rings. The van der Waals surface area contributed by atoms with E-state index in [9.17, 15) is 40.9 Å². The molecule has 4 heterocycles. The standard InChI is InChI=1S/2C31H35NO2.C31H37NO2.C29H33NO2/c33-20-6-13-30(24-7-2-1-3-8-24)31(27-11-5-12-29(34)22-27)26-10-4-9-25(21-26)23-16-18-32(19-17-23)28-14-15-28;33-21-5-10-30(24-6-2-1-3-7-24)31(25-11-15-29(34)16-12-25)27-9-4-8-26(22-27)23-17-19-32(20-18-23)28-13-14-28;1-23(2)32-18-16-24(17-19-32)26-11-6-12-27(21-26)31(28-13-7-14-29(34)22-28)30(15-8-20-33)25-9-4-3-5-10-25;1-30-18-16-23(17-19-30)22-12-14-25(15-13-22)29(26-9-5-10-27(32)21-26)28(11-6-20-31)24-7-3-2-4-8-24/h1-5,7-12,21-23,28,33-34H,6,13-20H2;1-4,6-9,11-12,15-16,22-23,28,33-34H,5,10,13-14,17-21H2;3-7,9-14,21-24,33-34H,8,15-20H2,1-2H3;2-5,7-10,12-15,21,23,31-32H,6,11,16-20H2,1H3/b31-30+;31-30-;31-30+;29-28+. The largest absolute Gasteiger partial charge is 0.508 e. The molecule has 0 aromatic heterocycles. The van der Waals surface area contributed by atoms with Crippen LogP contribution in [0.2, 0.25) is 0 Å². The van der Waals surface area contributed by atoms with Crippen LogP contribution in [0.3, 0.4) is 0 Å². The highest BCUT2D eigenvalue weighted by molar-refractivity contribution is 6.02. The Hall–Kier alpha value is -11.5. The van der Waals surface area contributed by atoms with Crippen LogP contribution < -0.4 is 0 Å². The molecule has 696 valence electrons. The third kappa shape index (κ3) is 26.6. The number of benzene rings is 12. The molecule has 12 heteroatoms. The Morgan fingerprint density at radius 2 is 0.500 bits per heavy atom. The van der Waals surface area contributed by atoms with Gasteiger partial charge in [-0.2, -0.15) is 0 Å². The van der Waals surface area contributed by atoms with E-state index in [0.29, 0.717) is 55.4 Å². The van der Waals surface area contributed by atoms with Crippen LogP contribution in [0.25, 0.3) is 44.6 Å². The summed E-state index contributed by atoms with van der Waals surface area (Å²) in [5.74, 6) is 3.46. The Morgan fingerprint density at radius 1 is 0.246 bits per heavy atom. The lowest BCUT2D eigenvalue weighted by Gasteiger charge is -2.35. The molecule has 18 rings (SSSR count). The number of hydrogen-bond acceptors (Lipinski definition) is 12. The highest BCUT2D eigenvalue weighted by Gasteiger charge is 2.35. The van der Waals surface area contributed by atoms with Gasteiger partial charge in [0.15, 0.2) is 0 Å². The molecule has 4 aliphatic heterocycles. The second kappa shape index (κ2) is 49.1. The monoisotopic (exact) mass is 1790 g/mol. The molecule has 0 amide bonds. The van der Waals surface area contributed by atoms with Crippen molar-refractivity contribution in [3.63, 3.8) is 0 Å². The van der Waals surface area contributed by atoms with Crippen molar-refractivity contribution in [3.05, 3.63) is 404 Å². The van der Waals surface area contributed by atoms with Crippen LogP contribution in [-0.2, 0) is 0 Å². The van der Waals surface area contributed by atoms with Crippen molar-refractivity contribution in [3.8, 4) is 23.0 Å². The number of hydrogen-bond donors (Lipinski definition) is 8. The second-order valence-corrected chi connectivity index (χ2v) is 37.9. The lowest BCUT2D eigenvalue weighted by molar-refractivity contribution is 0.172. The number of nitrogens with zero attached hydrogens (tertiary/aromatic N) is 4. The van der Waals surface area contributed by atoms with Gasteiger partial charge in [-0.15, -0.1) is 0 Å². The zero-order valence-electron chi connectivity index (χ0n) is 79.1. The number of phenols is 4. The third-order valence-corrected chi connectivity index (χ3v) is 28.4. The van der Waals surface area contributed by atoms with E-state index in [1.807, 2.05) is 72.8 Å². The molecule has 0 atom stereocenters. The van der Waals surface area contributed by atoms with E-state index in [1.54, 1.807) is 30.3 Å². The maximum Gasteiger partial charge on any atom is 0.116 e. The molecule has 6 aliphatic rings. The fourth-order valence-electron chi connectivity index (χ4n) is 20.8. The van der Waals surface area contributed by atoms with Gasteiger partial charge in [-0.3, -0.25) is 0 Å². The fourth-order valence-corrected chi connectivity index (χ4v) is 20.8. The fraction of sp³-hybridized carbons (Fsp3) is 0.344. The molecule has 2 saturated carbocycles. The van der Waals surface area contributed by atoms with E-state index in [4.69, 9.17) is 0 Å². The Labute approximate surface area is 797 Å². The summed E-state index contributed by atoms with van der Waals surface area (Å²) < 4.78 is 0. The maximum atomic E-state index is 10.3. The summed E-state index contributed by atoms with van der Waals surface area (Å²) >= 11 is 0. The van der Waals surface area contributed by atoms with Crippen molar-refractivity contribution in [2.75, 3.05) is 85.8 Å². The third-order valence-electron chi connectivity index (χ3n) is 28.4. The Bertz CT molecular complexity index is 5620. The van der Waals surface area contributed by atoms with Crippen LogP contribution in [0, 0.1) is 0 Å². The quantitative estimate of drug-likeness (QED) is 0.0194. The molecule has 4 saturated heterocycles. The SMILES string of the molecule is CC(C)N1CCC(c2cccc(/C(=C(/CCCO)c3ccccc3)c3cccc(O)c3)c2)CC1.CN1CCC(c2ccc(/C(=C(/CCCO)c3ccccc3)c3cccc(O)c3)cc2)CC1.OCCC/C(=C(\c1ccc(O)cc1)c1cccc(C2CCN(C3CC3)CC2)c1)c1ccccc1.OCCC/C(=C(\c1cccc(O)c1)c1cccc(C2CCN(C3CC3)CC2)c1)c1ccccc1. The average Bonchev–Trinajstić information content (AvgIpc) is 1.13. The van der Waals surface area contributed by atoms with Gasteiger partial charge in [0, 0.05) is 44.6 Å². The molecular weight excluding hydrogens is 1650 g/mol. The molecule has 0 radical (unpaired) electrons. The van der Waals surface area contributed by atoms with Gasteiger partial charge in [0.2, 0.25) is 0 Å². The number of aliphatic hydroxyl groups is 4. The zero-order valence-corrected chi connectivity index (χ0v) is 79.1. The number of aromatic hydroxyl groups is 4. The number of aliphatic hydroxyl groups excluding tert-OH is 4. The van der Waals surface area contributed by atoms with E-state index in [2.05, 4.69) is 253 Å². The van der Waals surface area contributed by atoms with Gasteiger partial charge in [0.1, 0.15) is 23.0 Å². The summed E-state index contributed by atoms with van der Waals surface area (Å²) in [6, 6.07) is 110. The molecular formula is C122H140N4O8. The number of rotatable bonds is 31. The van der Waals surface area contributed by atoms with Gasteiger partial charge < -0.3 is 60.5 Å². The van der Waals surface area contributed by atoms with Gasteiger partial charge >= 0.3 is 0 Å². The topological polar surface area (TPSA) is 175 Å². The lowest BCUT2D eigenvalue weighted by Crippen LogP contribution is -2.37. The Kier molecular flexibility index (Phi) is 35.6. The first-order chi connectivity index (χ1) is 65.7. The van der Waals surface area contributed by atoms with E-state index in [0.717, 1.165) is 125 Å². The predicted octanol–water partition coefficient (Wildman–Crippen LogP) is 25.6. The van der Waals surface area contributed by atoms with E-state index in [1.165, 1.54) is 176 Å². The number of piperidine rings is 4. The lowest BCUT2D eigenvalue weighted by atomic mass is 9.83. The number of allylic oxidation sites excluding steroid dienone is 4. The van der Waals surface area contributed by atoms with Crippen LogP contribution in [0.4, 0.5) is 0 Å². The molecule has 12 nitrogen and oxygen atoms in total. The van der Waals surface area contributed by atoms with Crippen LogP contribution in [-0.4, -0.2) is 164 Å². The molecule has 8 N–H and O–H groups in total. The number of likely N-dealkylation sites (tertiary alicyclic amines) is 4. The molecule has 0 bridgehead atoms. The van der Waals surface area contributed by atoms with Crippen molar-refractivity contribution < 1.29 is 40.9 Å². The molecule has 6 fully saturated rings. The van der Waals surface area contributed by atoms with Gasteiger partial charge in [0.25, 0.3) is 0 Å². The highest BCUT2D eigenvalue weighted by atomic mass is 16.3. The molecule has 0 spiro atoms. The zero-order chi connectivity index (χ0) is 92.9. The van der Waals surface area contributed by atoms with Crippen LogP contribution in [0.1, 0.15) is 255 Å². The van der Waals surface area contributed by atoms with Crippen molar-refractivity contribution >= 4 is 44.6 Å². The molecule has 12 aromatic carbocycles. The van der Waals surface area contributed by atoms with Gasteiger partial charge in [-0.1, -0.05) is 267 Å². The smallest absolute Gasteiger partial charge is 0.116 e. The Balaban J connectivity index is 0.000000136. The minimum atomic E-state index is 0.151. The first-order valence-electron chi connectivity index (χ1n) is 49.7. The number of phenolic OH excluding ortho intramolecular Hbond substituents is 4. The molecule has 0 unspecified atom stereocenters. The van der Waals surface area contributed by atoms with E-state index in [-0.39, 0.29) is 49.4 Å². The highest BCUT2D eigenvalue weighted by Crippen LogP contribution is 2.46. The van der Waals surface area contributed by atoms with Crippen molar-refractivity contribution in [2.45, 2.75) is 184 Å². The normalized spacial score (nSPS) is 17.0. The summed E-state index contributed by atoms with van der Waals surface area (Å²) in [6.45, 7) is 14.6. The van der Waals surface area contributed by atoms with Crippen LogP contribution in [0.5, 0.6) is 23.0 Å². The maximum absolute atomic E-state index is 10.3. The first-order valence-corrected chi connectivity index (χ1v) is 49.7. The minimum Gasteiger partial charge on any atom is -0.508 e. The summed E-state index contributed by atoms with van der Waals surface area (Å²) in [4.78, 5) is 10.3. The van der Waals surface area contributed by atoms with Crippen LogP contribution >= 0.6 is 0 Å². The summed E-state index contributed by atoms with van der Waals surface area (Å²) in [7, 11) is 2.20. The van der Waals surface area contributed by atoms with E-state index < -0.39 is 0 Å². The van der Waals surface area contributed by atoms with E-state index >= 15 is 0 Å². The van der Waals surface area contributed by atoms with Crippen molar-refractivity contribution in [1.29, 1.82) is 0 Å². The van der Waals surface area contributed by atoms with Crippen molar-refractivity contribution in [1.82, 2.24) is 19.6 Å². The molecule has 2 aliphatic carbocycles. The molecule has 134 heavy (non-hydrogen) atoms. The van der Waals surface area contributed by atoms with Crippen LogP contribution in [0.15, 0.2) is 315 Å². The van der Waals surface area contributed by atoms with Gasteiger partial charge in [-0.05, 0) is 407 Å².